The molecule has 4 nitrogen and oxygen atoms in total. The molecule has 0 unspecified atom stereocenters. The lowest BCUT2D eigenvalue weighted by Crippen LogP contribution is -2.37. The van der Waals surface area contributed by atoms with Crippen LogP contribution in [0.15, 0.2) is 10.4 Å². The molecule has 0 spiro atoms. The minimum Gasteiger partial charge on any atom is -0.356 e. The van der Waals surface area contributed by atoms with Crippen LogP contribution in [0, 0.1) is 0 Å². The molecule has 19 heavy (non-hydrogen) atoms. The molecular formula is C14H26N4S. The number of hydrogen-bond acceptors (Lipinski definition) is 3. The van der Waals surface area contributed by atoms with E-state index in [0.717, 1.165) is 31.2 Å². The van der Waals surface area contributed by atoms with Crippen molar-refractivity contribution in [2.24, 2.45) is 4.99 Å². The van der Waals surface area contributed by atoms with Crippen molar-refractivity contribution in [1.82, 2.24) is 15.6 Å². The van der Waals surface area contributed by atoms with Crippen LogP contribution in [-0.2, 0) is 13.0 Å². The molecule has 0 radical (unpaired) electrons. The summed E-state index contributed by atoms with van der Waals surface area (Å²) in [6.07, 6.45) is 6.08. The summed E-state index contributed by atoms with van der Waals surface area (Å²) in [5.41, 5.74) is 1.09. The number of nitrogens with one attached hydrogen (secondary N) is 2. The second kappa shape index (κ2) is 9.78. The summed E-state index contributed by atoms with van der Waals surface area (Å²) < 4.78 is 0. The molecular weight excluding hydrogens is 256 g/mol. The number of aryl methyl sites for hydroxylation is 1. The van der Waals surface area contributed by atoms with E-state index < -0.39 is 0 Å². The number of rotatable bonds is 8. The highest BCUT2D eigenvalue weighted by atomic mass is 32.1. The Morgan fingerprint density at radius 2 is 2.11 bits per heavy atom. The van der Waals surface area contributed by atoms with Crippen molar-refractivity contribution in [3.8, 4) is 0 Å². The van der Waals surface area contributed by atoms with Gasteiger partial charge < -0.3 is 10.6 Å². The predicted octanol–water partition coefficient (Wildman–Crippen LogP) is 2.95. The summed E-state index contributed by atoms with van der Waals surface area (Å²) in [7, 11) is 1.81. The third-order valence-electron chi connectivity index (χ3n) is 2.89. The Hall–Kier alpha value is -1.10. The van der Waals surface area contributed by atoms with Gasteiger partial charge in [0.2, 0.25) is 0 Å². The van der Waals surface area contributed by atoms with E-state index >= 15 is 0 Å². The smallest absolute Gasteiger partial charge is 0.191 e. The van der Waals surface area contributed by atoms with Crippen LogP contribution in [0.1, 0.15) is 50.2 Å². The van der Waals surface area contributed by atoms with Gasteiger partial charge in [0.1, 0.15) is 0 Å². The molecule has 2 N–H and O–H groups in total. The molecule has 0 saturated heterocycles. The van der Waals surface area contributed by atoms with Crippen LogP contribution >= 0.6 is 11.3 Å². The summed E-state index contributed by atoms with van der Waals surface area (Å²) in [5, 5.41) is 9.94. The maximum Gasteiger partial charge on any atom is 0.191 e. The zero-order valence-electron chi connectivity index (χ0n) is 12.3. The van der Waals surface area contributed by atoms with E-state index in [1.54, 1.807) is 18.4 Å². The van der Waals surface area contributed by atoms with Gasteiger partial charge in [-0.25, -0.2) is 4.98 Å². The number of aromatic nitrogens is 1. The van der Waals surface area contributed by atoms with Gasteiger partial charge in [0.15, 0.2) is 5.96 Å². The fourth-order valence-corrected chi connectivity index (χ4v) is 2.49. The molecule has 1 heterocycles. The van der Waals surface area contributed by atoms with E-state index in [0.29, 0.717) is 0 Å². The van der Waals surface area contributed by atoms with Gasteiger partial charge in [0.25, 0.3) is 0 Å². The van der Waals surface area contributed by atoms with Gasteiger partial charge in [-0.2, -0.15) is 0 Å². The molecule has 0 bridgehead atoms. The number of aliphatic imine (C=N–C) groups is 1. The van der Waals surface area contributed by atoms with E-state index in [9.17, 15) is 0 Å². The molecule has 0 aliphatic carbocycles. The Bertz CT molecular complexity index is 373. The van der Waals surface area contributed by atoms with E-state index in [2.05, 4.69) is 39.8 Å². The largest absolute Gasteiger partial charge is 0.356 e. The van der Waals surface area contributed by atoms with E-state index in [1.165, 1.54) is 30.7 Å². The third kappa shape index (κ3) is 6.57. The minimum atomic E-state index is 0.741. The fraction of sp³-hybridized carbons (Fsp3) is 0.714. The maximum absolute atomic E-state index is 4.53. The fourth-order valence-electron chi connectivity index (χ4n) is 1.75. The molecule has 0 aromatic carbocycles. The number of thiazole rings is 1. The highest BCUT2D eigenvalue weighted by Gasteiger charge is 2.01. The molecule has 0 aliphatic rings. The van der Waals surface area contributed by atoms with Gasteiger partial charge in [-0.3, -0.25) is 4.99 Å². The Balaban J connectivity index is 2.21. The average Bonchev–Trinajstić information content (AvgIpc) is 2.90. The van der Waals surface area contributed by atoms with Crippen LogP contribution in [0.5, 0.6) is 0 Å². The second-order valence-electron chi connectivity index (χ2n) is 4.50. The molecule has 5 heteroatoms. The summed E-state index contributed by atoms with van der Waals surface area (Å²) in [5.74, 6) is 0.863. The Morgan fingerprint density at radius 1 is 1.26 bits per heavy atom. The topological polar surface area (TPSA) is 49.3 Å². The van der Waals surface area contributed by atoms with Crippen LogP contribution in [0.4, 0.5) is 0 Å². The van der Waals surface area contributed by atoms with Gasteiger partial charge in [-0.15, -0.1) is 11.3 Å². The van der Waals surface area contributed by atoms with Crippen molar-refractivity contribution in [2.45, 2.75) is 52.5 Å². The molecule has 1 aromatic heterocycles. The van der Waals surface area contributed by atoms with E-state index in [1.807, 2.05) is 0 Å². The van der Waals surface area contributed by atoms with Crippen LogP contribution in [0.3, 0.4) is 0 Å². The predicted molar refractivity (Wildman–Crippen MR) is 83.8 cm³/mol. The van der Waals surface area contributed by atoms with Crippen LogP contribution < -0.4 is 10.6 Å². The van der Waals surface area contributed by atoms with Gasteiger partial charge in [0.05, 0.1) is 17.2 Å². The highest BCUT2D eigenvalue weighted by Crippen LogP contribution is 2.09. The van der Waals surface area contributed by atoms with Gasteiger partial charge in [-0.05, 0) is 12.8 Å². The molecule has 1 aromatic rings. The molecule has 0 aliphatic heterocycles. The minimum absolute atomic E-state index is 0.741. The SMILES string of the molecule is CCCCCCNC(=NC)NCc1csc(CC)n1. The van der Waals surface area contributed by atoms with Gasteiger partial charge in [0, 0.05) is 19.0 Å². The van der Waals surface area contributed by atoms with Crippen molar-refractivity contribution >= 4 is 17.3 Å². The van der Waals surface area contributed by atoms with Gasteiger partial charge in [-0.1, -0.05) is 33.1 Å². The van der Waals surface area contributed by atoms with E-state index in [-0.39, 0.29) is 0 Å². The Morgan fingerprint density at radius 3 is 2.74 bits per heavy atom. The van der Waals surface area contributed by atoms with Crippen molar-refractivity contribution in [2.75, 3.05) is 13.6 Å². The first-order valence-corrected chi connectivity index (χ1v) is 8.05. The third-order valence-corrected chi connectivity index (χ3v) is 3.93. The summed E-state index contributed by atoms with van der Waals surface area (Å²) in [6.45, 7) is 6.08. The molecule has 0 saturated carbocycles. The number of guanidine groups is 1. The second-order valence-corrected chi connectivity index (χ2v) is 5.44. The maximum atomic E-state index is 4.53. The molecule has 0 amide bonds. The Labute approximate surface area is 120 Å². The molecule has 1 rings (SSSR count). The Kier molecular flexibility index (Phi) is 8.21. The summed E-state index contributed by atoms with van der Waals surface area (Å²) in [6, 6.07) is 0. The lowest BCUT2D eigenvalue weighted by Gasteiger charge is -2.10. The van der Waals surface area contributed by atoms with E-state index in [4.69, 9.17) is 0 Å². The number of unbranched alkanes of at least 4 members (excludes halogenated alkanes) is 3. The first kappa shape index (κ1) is 16.0. The summed E-state index contributed by atoms with van der Waals surface area (Å²) >= 11 is 1.72. The normalized spacial score (nSPS) is 11.6. The van der Waals surface area contributed by atoms with Crippen molar-refractivity contribution < 1.29 is 0 Å². The quantitative estimate of drug-likeness (QED) is 0.438. The van der Waals surface area contributed by atoms with Crippen LogP contribution in [0.2, 0.25) is 0 Å². The van der Waals surface area contributed by atoms with Crippen molar-refractivity contribution in [3.05, 3.63) is 16.1 Å². The first-order valence-electron chi connectivity index (χ1n) is 7.17. The van der Waals surface area contributed by atoms with Crippen LogP contribution in [0.25, 0.3) is 0 Å². The standard InChI is InChI=1S/C14H26N4S/c1-4-6-7-8-9-16-14(15-3)17-10-12-11-19-13(5-2)18-12/h11H,4-10H2,1-3H3,(H2,15,16,17). The monoisotopic (exact) mass is 282 g/mol. The first-order chi connectivity index (χ1) is 9.30. The number of nitrogens with zero attached hydrogens (tertiary/aromatic N) is 2. The molecule has 0 atom stereocenters. The zero-order chi connectivity index (χ0) is 13.9. The van der Waals surface area contributed by atoms with Gasteiger partial charge >= 0.3 is 0 Å². The number of hydrogen-bond donors (Lipinski definition) is 2. The lowest BCUT2D eigenvalue weighted by molar-refractivity contribution is 0.646. The highest BCUT2D eigenvalue weighted by molar-refractivity contribution is 7.09. The average molecular weight is 282 g/mol. The summed E-state index contributed by atoms with van der Waals surface area (Å²) in [4.78, 5) is 8.75. The van der Waals surface area contributed by atoms with Crippen molar-refractivity contribution in [1.29, 1.82) is 0 Å². The lowest BCUT2D eigenvalue weighted by atomic mass is 10.2. The zero-order valence-corrected chi connectivity index (χ0v) is 13.1. The molecule has 0 fully saturated rings. The van der Waals surface area contributed by atoms with Crippen LogP contribution in [-0.4, -0.2) is 24.5 Å². The van der Waals surface area contributed by atoms with Crippen molar-refractivity contribution in [3.63, 3.8) is 0 Å². The molecule has 108 valence electrons.